The first-order valence-electron chi connectivity index (χ1n) is 11.9. The molecule has 14 heteroatoms. The Kier molecular flexibility index (Phi) is 7.02. The first kappa shape index (κ1) is 26.5. The molecule has 1 atom stereocenters. The number of benzene rings is 3. The minimum absolute atomic E-state index is 0.0214. The van der Waals surface area contributed by atoms with Gasteiger partial charge in [-0.1, -0.05) is 36.4 Å². The number of carbonyl (C=O) groups excluding carboxylic acids is 1. The SMILES string of the molecule is Nc1nc(Cn2ncc3cc(N(C=O)C[C@H](NS(=O)(=O)c4cccc5ccccc45)C(=O)O)ccc32)cc(=O)[nH]1. The zero-order chi connectivity index (χ0) is 28.4. The van der Waals surface area contributed by atoms with Crippen molar-refractivity contribution in [3.05, 3.63) is 89.0 Å². The molecule has 0 radical (unpaired) electrons. The summed E-state index contributed by atoms with van der Waals surface area (Å²) in [5.74, 6) is -1.47. The molecule has 0 saturated carbocycles. The molecular formula is C26H23N7O6S. The highest BCUT2D eigenvalue weighted by molar-refractivity contribution is 7.89. The molecule has 0 aliphatic carbocycles. The topological polar surface area (TPSA) is 193 Å². The number of aromatic amines is 1. The van der Waals surface area contributed by atoms with E-state index in [0.717, 1.165) is 4.90 Å². The fourth-order valence-electron chi connectivity index (χ4n) is 4.39. The first-order chi connectivity index (χ1) is 19.1. The van der Waals surface area contributed by atoms with E-state index in [1.807, 2.05) is 0 Å². The van der Waals surface area contributed by atoms with Crippen molar-refractivity contribution in [3.63, 3.8) is 0 Å². The van der Waals surface area contributed by atoms with Crippen molar-refractivity contribution in [2.24, 2.45) is 0 Å². The summed E-state index contributed by atoms with van der Waals surface area (Å²) in [4.78, 5) is 43.2. The molecule has 0 spiro atoms. The van der Waals surface area contributed by atoms with Gasteiger partial charge in [0.05, 0.1) is 35.4 Å². The van der Waals surface area contributed by atoms with Crippen LogP contribution in [-0.4, -0.2) is 58.2 Å². The lowest BCUT2D eigenvalue weighted by Gasteiger charge is -2.23. The predicted octanol–water partition coefficient (Wildman–Crippen LogP) is 1.30. The molecule has 0 aliphatic rings. The van der Waals surface area contributed by atoms with Crippen molar-refractivity contribution in [1.29, 1.82) is 0 Å². The monoisotopic (exact) mass is 561 g/mol. The fourth-order valence-corrected chi connectivity index (χ4v) is 5.80. The molecule has 3 aromatic carbocycles. The van der Waals surface area contributed by atoms with Crippen LogP contribution in [0.4, 0.5) is 11.6 Å². The van der Waals surface area contributed by atoms with Gasteiger partial charge in [-0.15, -0.1) is 0 Å². The smallest absolute Gasteiger partial charge is 0.323 e. The molecule has 5 rings (SSSR count). The maximum atomic E-state index is 13.2. The Morgan fingerprint density at radius 3 is 2.65 bits per heavy atom. The van der Waals surface area contributed by atoms with Gasteiger partial charge in [0.25, 0.3) is 5.56 Å². The van der Waals surface area contributed by atoms with E-state index >= 15 is 0 Å². The van der Waals surface area contributed by atoms with Crippen LogP contribution in [-0.2, 0) is 26.2 Å². The van der Waals surface area contributed by atoms with Gasteiger partial charge in [0.1, 0.15) is 6.04 Å². The van der Waals surface area contributed by atoms with Crippen molar-refractivity contribution in [2.75, 3.05) is 17.2 Å². The van der Waals surface area contributed by atoms with Crippen molar-refractivity contribution in [2.45, 2.75) is 17.5 Å². The number of fused-ring (bicyclic) bond motifs is 2. The third-order valence-electron chi connectivity index (χ3n) is 6.22. The summed E-state index contributed by atoms with van der Waals surface area (Å²) in [5, 5.41) is 15.9. The number of sulfonamides is 1. The Morgan fingerprint density at radius 2 is 1.90 bits per heavy atom. The van der Waals surface area contributed by atoms with Crippen LogP contribution < -0.4 is 20.9 Å². The Morgan fingerprint density at radius 1 is 1.12 bits per heavy atom. The van der Waals surface area contributed by atoms with Crippen molar-refractivity contribution >= 4 is 55.7 Å². The number of nitrogen functional groups attached to an aromatic ring is 1. The molecule has 0 bridgehead atoms. The van der Waals surface area contributed by atoms with Gasteiger partial charge < -0.3 is 15.7 Å². The number of amides is 1. The molecule has 0 unspecified atom stereocenters. The van der Waals surface area contributed by atoms with E-state index in [9.17, 15) is 27.9 Å². The highest BCUT2D eigenvalue weighted by Gasteiger charge is 2.29. The van der Waals surface area contributed by atoms with Crippen LogP contribution in [0.1, 0.15) is 5.69 Å². The van der Waals surface area contributed by atoms with Crippen LogP contribution >= 0.6 is 0 Å². The highest BCUT2D eigenvalue weighted by atomic mass is 32.2. The number of carbonyl (C=O) groups is 2. The number of nitrogens with two attached hydrogens (primary N) is 1. The number of aliphatic carboxylic acids is 1. The van der Waals surface area contributed by atoms with Gasteiger partial charge in [-0.2, -0.15) is 9.82 Å². The van der Waals surface area contributed by atoms with Crippen LogP contribution in [0.3, 0.4) is 0 Å². The summed E-state index contributed by atoms with van der Waals surface area (Å²) in [6, 6.07) is 16.1. The van der Waals surface area contributed by atoms with E-state index in [-0.39, 0.29) is 17.4 Å². The molecule has 2 aromatic heterocycles. The van der Waals surface area contributed by atoms with Gasteiger partial charge in [0.2, 0.25) is 22.4 Å². The lowest BCUT2D eigenvalue weighted by Crippen LogP contribution is -2.48. The summed E-state index contributed by atoms with van der Waals surface area (Å²) in [6.45, 7) is -0.316. The van der Waals surface area contributed by atoms with Crippen LogP contribution in [0.5, 0.6) is 0 Å². The number of hydrogen-bond donors (Lipinski definition) is 4. The molecule has 40 heavy (non-hydrogen) atoms. The van der Waals surface area contributed by atoms with E-state index in [1.165, 1.54) is 18.3 Å². The lowest BCUT2D eigenvalue weighted by atomic mass is 10.1. The third kappa shape index (κ3) is 5.39. The molecule has 0 saturated heterocycles. The number of H-pyrrole nitrogens is 1. The summed E-state index contributed by atoms with van der Waals surface area (Å²) in [6.07, 6.45) is 1.97. The Labute approximate surface area is 226 Å². The van der Waals surface area contributed by atoms with Crippen LogP contribution in [0, 0.1) is 0 Å². The second-order valence-electron chi connectivity index (χ2n) is 8.91. The number of rotatable bonds is 10. The highest BCUT2D eigenvalue weighted by Crippen LogP contribution is 2.24. The molecule has 13 nitrogen and oxygen atoms in total. The lowest BCUT2D eigenvalue weighted by molar-refractivity contribution is -0.138. The van der Waals surface area contributed by atoms with Crippen molar-refractivity contribution < 1.29 is 23.1 Å². The zero-order valence-corrected chi connectivity index (χ0v) is 21.6. The second kappa shape index (κ2) is 10.6. The summed E-state index contributed by atoms with van der Waals surface area (Å²) >= 11 is 0. The Hall–Kier alpha value is -5.08. The number of hydrogen-bond acceptors (Lipinski definition) is 8. The largest absolute Gasteiger partial charge is 0.480 e. The molecule has 1 amide bonds. The van der Waals surface area contributed by atoms with Gasteiger partial charge in [-0.25, -0.2) is 13.4 Å². The number of nitrogens with one attached hydrogen (secondary N) is 2. The van der Waals surface area contributed by atoms with Crippen LogP contribution in [0.15, 0.2) is 82.6 Å². The van der Waals surface area contributed by atoms with Crippen molar-refractivity contribution in [1.82, 2.24) is 24.5 Å². The average Bonchev–Trinajstić information content (AvgIpc) is 3.31. The molecule has 2 heterocycles. The molecule has 0 aliphatic heterocycles. The second-order valence-corrected chi connectivity index (χ2v) is 10.6. The summed E-state index contributed by atoms with van der Waals surface area (Å²) < 4.78 is 30.2. The molecule has 204 valence electrons. The van der Waals surface area contributed by atoms with Crippen LogP contribution in [0.25, 0.3) is 21.7 Å². The Balaban J connectivity index is 1.39. The summed E-state index contributed by atoms with van der Waals surface area (Å²) in [5.41, 5.74) is 6.59. The van der Waals surface area contributed by atoms with Crippen LogP contribution in [0.2, 0.25) is 0 Å². The number of anilines is 2. The number of carboxylic acids is 1. The standard InChI is InChI=1S/C26H23N7O6S/c27-26-29-18(11-24(35)30-26)13-33-22-9-8-19(10-17(22)12-28-33)32(15-34)14-21(25(36)37)31-40(38,39)23-7-3-5-16-4-1-2-6-20(16)23/h1-12,15,21,31H,13-14H2,(H,36,37)(H3,27,29,30,35)/t21-/m0/s1. The first-order valence-corrected chi connectivity index (χ1v) is 13.4. The molecular weight excluding hydrogens is 538 g/mol. The third-order valence-corrected chi connectivity index (χ3v) is 7.75. The van der Waals surface area contributed by atoms with Gasteiger partial charge in [0, 0.05) is 22.5 Å². The summed E-state index contributed by atoms with van der Waals surface area (Å²) in [7, 11) is -4.26. The normalized spacial score (nSPS) is 12.4. The van der Waals surface area contributed by atoms with E-state index in [2.05, 4.69) is 19.8 Å². The minimum atomic E-state index is -4.26. The maximum absolute atomic E-state index is 13.2. The molecule has 5 N–H and O–H groups in total. The zero-order valence-electron chi connectivity index (χ0n) is 20.8. The van der Waals surface area contributed by atoms with Gasteiger partial charge >= 0.3 is 5.97 Å². The van der Waals surface area contributed by atoms with Crippen molar-refractivity contribution in [3.8, 4) is 0 Å². The van der Waals surface area contributed by atoms with Gasteiger partial charge in [0.15, 0.2) is 0 Å². The number of nitrogens with zero attached hydrogens (tertiary/aromatic N) is 4. The van der Waals surface area contributed by atoms with Gasteiger partial charge in [-0.05, 0) is 29.7 Å². The van der Waals surface area contributed by atoms with E-state index in [1.54, 1.807) is 59.3 Å². The predicted molar refractivity (Wildman–Crippen MR) is 147 cm³/mol. The van der Waals surface area contributed by atoms with E-state index < -0.39 is 34.1 Å². The quantitative estimate of drug-likeness (QED) is 0.182. The molecule has 0 fully saturated rings. The number of carboxylic acid groups (broad SMARTS) is 1. The maximum Gasteiger partial charge on any atom is 0.323 e. The molecule has 5 aromatic rings. The fraction of sp³-hybridized carbons (Fsp3) is 0.115. The Bertz CT molecular complexity index is 1910. The minimum Gasteiger partial charge on any atom is -0.480 e. The van der Waals surface area contributed by atoms with Gasteiger partial charge in [-0.3, -0.25) is 24.0 Å². The average molecular weight is 562 g/mol. The van der Waals surface area contributed by atoms with E-state index in [4.69, 9.17) is 5.73 Å². The van der Waals surface area contributed by atoms with E-state index in [0.29, 0.717) is 39.5 Å². The number of aromatic nitrogens is 4.